The summed E-state index contributed by atoms with van der Waals surface area (Å²) in [5.74, 6) is -0.365. The summed E-state index contributed by atoms with van der Waals surface area (Å²) in [5.41, 5.74) is 4.76. The molecule has 2 aromatic rings. The summed E-state index contributed by atoms with van der Waals surface area (Å²) in [6, 6.07) is 14.1. The number of nitrogens with zero attached hydrogens (tertiary/aromatic N) is 1. The average molecular weight is 366 g/mol. The van der Waals surface area contributed by atoms with Crippen LogP contribution < -0.4 is 10.7 Å². The Labute approximate surface area is 136 Å². The summed E-state index contributed by atoms with van der Waals surface area (Å²) < 4.78 is 14.5. The summed E-state index contributed by atoms with van der Waals surface area (Å²) >= 11 is 8.46. The molecule has 0 unspecified atom stereocenters. The highest BCUT2D eigenvalue weighted by atomic mass is 79.9. The molecule has 0 aromatic heterocycles. The highest BCUT2D eigenvalue weighted by molar-refractivity contribution is 9.10. The molecule has 21 heavy (non-hydrogen) atoms. The van der Waals surface area contributed by atoms with Gasteiger partial charge in [0.15, 0.2) is 5.11 Å². The third-order valence-corrected chi connectivity index (χ3v) is 3.43. The summed E-state index contributed by atoms with van der Waals surface area (Å²) in [7, 11) is 0. The van der Waals surface area contributed by atoms with Crippen LogP contribution in [0.1, 0.15) is 12.5 Å². The van der Waals surface area contributed by atoms with Crippen LogP contribution in [0.25, 0.3) is 0 Å². The predicted octanol–water partition coefficient (Wildman–Crippen LogP) is 4.30. The van der Waals surface area contributed by atoms with Crippen molar-refractivity contribution in [1.82, 2.24) is 5.43 Å². The van der Waals surface area contributed by atoms with Crippen molar-refractivity contribution in [3.63, 3.8) is 0 Å². The van der Waals surface area contributed by atoms with Gasteiger partial charge in [-0.3, -0.25) is 5.43 Å². The molecular weight excluding hydrogens is 353 g/mol. The number of benzene rings is 2. The van der Waals surface area contributed by atoms with E-state index in [0.29, 0.717) is 5.69 Å². The number of hydrogen-bond acceptors (Lipinski definition) is 2. The Morgan fingerprint density at radius 1 is 1.14 bits per heavy atom. The minimum Gasteiger partial charge on any atom is -0.329 e. The van der Waals surface area contributed by atoms with Crippen molar-refractivity contribution in [2.24, 2.45) is 5.10 Å². The Balaban J connectivity index is 1.98. The number of para-hydroxylation sites is 1. The van der Waals surface area contributed by atoms with Gasteiger partial charge in [0.2, 0.25) is 0 Å². The number of halogens is 2. The largest absolute Gasteiger partial charge is 0.329 e. The van der Waals surface area contributed by atoms with Crippen LogP contribution in [0.2, 0.25) is 0 Å². The average Bonchev–Trinajstić information content (AvgIpc) is 2.48. The molecule has 0 heterocycles. The lowest BCUT2D eigenvalue weighted by molar-refractivity contribution is 0.632. The minimum absolute atomic E-state index is 0.233. The van der Waals surface area contributed by atoms with Crippen LogP contribution in [-0.2, 0) is 0 Å². The molecule has 0 atom stereocenters. The minimum atomic E-state index is -0.365. The van der Waals surface area contributed by atoms with E-state index in [1.54, 1.807) is 18.2 Å². The Kier molecular flexibility index (Phi) is 5.41. The maximum Gasteiger partial charge on any atom is 0.191 e. The molecule has 0 saturated heterocycles. The highest BCUT2D eigenvalue weighted by Crippen LogP contribution is 2.12. The van der Waals surface area contributed by atoms with E-state index in [1.807, 2.05) is 31.2 Å². The number of rotatable bonds is 3. The van der Waals surface area contributed by atoms with Crippen molar-refractivity contribution in [2.45, 2.75) is 6.92 Å². The fraction of sp³-hybridized carbons (Fsp3) is 0.0667. The van der Waals surface area contributed by atoms with Crippen LogP contribution >= 0.6 is 28.1 Å². The number of hydrogen-bond donors (Lipinski definition) is 2. The molecule has 3 nitrogen and oxygen atoms in total. The summed E-state index contributed by atoms with van der Waals surface area (Å²) in [4.78, 5) is 0. The topological polar surface area (TPSA) is 36.4 Å². The Morgan fingerprint density at radius 2 is 1.81 bits per heavy atom. The molecular formula is C15H13BrFN3S. The summed E-state index contributed by atoms with van der Waals surface area (Å²) in [5, 5.41) is 7.16. The molecule has 0 aliphatic rings. The number of nitrogens with one attached hydrogen (secondary N) is 2. The van der Waals surface area contributed by atoms with Crippen molar-refractivity contribution < 1.29 is 4.39 Å². The molecule has 2 N–H and O–H groups in total. The molecule has 0 aliphatic heterocycles. The molecule has 0 bridgehead atoms. The lowest BCUT2D eigenvalue weighted by Crippen LogP contribution is -2.25. The second-order valence-corrected chi connectivity index (χ2v) is 5.57. The zero-order valence-corrected chi connectivity index (χ0v) is 13.6. The predicted molar refractivity (Wildman–Crippen MR) is 92.1 cm³/mol. The Bertz CT molecular complexity index is 671. The normalized spacial score (nSPS) is 11.1. The second-order valence-electron chi connectivity index (χ2n) is 4.25. The Morgan fingerprint density at radius 3 is 2.48 bits per heavy atom. The molecule has 0 amide bonds. The first-order valence-corrected chi connectivity index (χ1v) is 7.38. The van der Waals surface area contributed by atoms with Gasteiger partial charge in [-0.15, -0.1) is 0 Å². The molecule has 6 heteroatoms. The van der Waals surface area contributed by atoms with E-state index in [2.05, 4.69) is 31.8 Å². The Hall–Kier alpha value is -1.79. The van der Waals surface area contributed by atoms with E-state index in [1.165, 1.54) is 6.07 Å². The smallest absolute Gasteiger partial charge is 0.191 e. The lowest BCUT2D eigenvalue weighted by Gasteiger charge is -2.08. The van der Waals surface area contributed by atoms with E-state index >= 15 is 0 Å². The van der Waals surface area contributed by atoms with E-state index in [4.69, 9.17) is 12.2 Å². The quantitative estimate of drug-likeness (QED) is 0.483. The molecule has 2 aromatic carbocycles. The van der Waals surface area contributed by atoms with E-state index in [-0.39, 0.29) is 10.9 Å². The van der Waals surface area contributed by atoms with Gasteiger partial charge in [0, 0.05) is 4.47 Å². The molecule has 0 saturated carbocycles. The van der Waals surface area contributed by atoms with Crippen LogP contribution in [-0.4, -0.2) is 10.8 Å². The van der Waals surface area contributed by atoms with Gasteiger partial charge in [-0.25, -0.2) is 4.39 Å². The van der Waals surface area contributed by atoms with Gasteiger partial charge in [-0.1, -0.05) is 40.2 Å². The van der Waals surface area contributed by atoms with Crippen molar-refractivity contribution >= 4 is 44.7 Å². The zero-order valence-electron chi connectivity index (χ0n) is 11.2. The lowest BCUT2D eigenvalue weighted by atomic mass is 10.1. The van der Waals surface area contributed by atoms with Crippen molar-refractivity contribution in [2.75, 3.05) is 5.32 Å². The standard InChI is InChI=1S/C15H13BrFN3S/c1-10(11-6-8-12(16)9-7-11)19-20-15(21)18-14-5-3-2-4-13(14)17/h2-9H,1H3,(H2,18,20,21)/b19-10-. The van der Waals surface area contributed by atoms with Gasteiger partial charge < -0.3 is 5.32 Å². The van der Waals surface area contributed by atoms with Crippen LogP contribution in [0.15, 0.2) is 58.1 Å². The number of hydrazone groups is 1. The SMILES string of the molecule is C/C(=N/NC(=S)Nc1ccccc1F)c1ccc(Br)cc1. The van der Waals surface area contributed by atoms with Crippen molar-refractivity contribution in [3.05, 3.63) is 64.4 Å². The number of anilines is 1. The third-order valence-electron chi connectivity index (χ3n) is 2.71. The molecule has 108 valence electrons. The van der Waals surface area contributed by atoms with Gasteiger partial charge in [0.05, 0.1) is 11.4 Å². The van der Waals surface area contributed by atoms with E-state index < -0.39 is 0 Å². The van der Waals surface area contributed by atoms with Gasteiger partial charge in [-0.05, 0) is 49.0 Å². The van der Waals surface area contributed by atoms with Gasteiger partial charge in [0.1, 0.15) is 5.82 Å². The van der Waals surface area contributed by atoms with Crippen LogP contribution in [0.5, 0.6) is 0 Å². The van der Waals surface area contributed by atoms with E-state index in [9.17, 15) is 4.39 Å². The molecule has 0 spiro atoms. The highest BCUT2D eigenvalue weighted by Gasteiger charge is 2.02. The first-order valence-electron chi connectivity index (χ1n) is 6.18. The van der Waals surface area contributed by atoms with Crippen LogP contribution in [0.3, 0.4) is 0 Å². The first-order chi connectivity index (χ1) is 10.1. The maximum atomic E-state index is 13.5. The fourth-order valence-corrected chi connectivity index (χ4v) is 2.02. The summed E-state index contributed by atoms with van der Waals surface area (Å²) in [6.07, 6.45) is 0. The monoisotopic (exact) mass is 365 g/mol. The van der Waals surface area contributed by atoms with Gasteiger partial charge in [-0.2, -0.15) is 5.10 Å². The molecule has 0 aliphatic carbocycles. The zero-order chi connectivity index (χ0) is 15.2. The third kappa shape index (κ3) is 4.61. The molecule has 0 fully saturated rings. The van der Waals surface area contributed by atoms with E-state index in [0.717, 1.165) is 15.7 Å². The second kappa shape index (κ2) is 7.28. The van der Waals surface area contributed by atoms with Crippen LogP contribution in [0, 0.1) is 5.82 Å². The van der Waals surface area contributed by atoms with Gasteiger partial charge >= 0.3 is 0 Å². The van der Waals surface area contributed by atoms with Crippen molar-refractivity contribution in [1.29, 1.82) is 0 Å². The van der Waals surface area contributed by atoms with Crippen molar-refractivity contribution in [3.8, 4) is 0 Å². The molecule has 0 radical (unpaired) electrons. The van der Waals surface area contributed by atoms with Crippen LogP contribution in [0.4, 0.5) is 10.1 Å². The maximum absolute atomic E-state index is 13.5. The molecule has 2 rings (SSSR count). The first kappa shape index (κ1) is 15.6. The summed E-state index contributed by atoms with van der Waals surface area (Å²) in [6.45, 7) is 1.86. The number of thiocarbonyl (C=S) groups is 1. The fourth-order valence-electron chi connectivity index (χ4n) is 1.60. The van der Waals surface area contributed by atoms with Gasteiger partial charge in [0.25, 0.3) is 0 Å².